The number of nitrogens with zero attached hydrogens (tertiary/aromatic N) is 2. The minimum atomic E-state index is -4.95. The van der Waals surface area contributed by atoms with Crippen LogP contribution in [0.4, 0.5) is 23.7 Å². The first-order chi connectivity index (χ1) is 17.3. The molecule has 2 aromatic rings. The van der Waals surface area contributed by atoms with Crippen molar-refractivity contribution >= 4 is 36.2 Å². The summed E-state index contributed by atoms with van der Waals surface area (Å²) in [6, 6.07) is 12.2. The molecule has 0 aliphatic carbocycles. The van der Waals surface area contributed by atoms with Gasteiger partial charge in [0, 0.05) is 0 Å². The van der Waals surface area contributed by atoms with Gasteiger partial charge in [-0.25, -0.2) is 14.7 Å². The lowest BCUT2D eigenvalue weighted by Crippen LogP contribution is -2.63. The van der Waals surface area contributed by atoms with E-state index in [-0.39, 0.29) is 41.4 Å². The Labute approximate surface area is 218 Å². The number of para-hydroxylation sites is 1. The first-order valence-electron chi connectivity index (χ1n) is 11.4. The van der Waals surface area contributed by atoms with Gasteiger partial charge in [-0.1, -0.05) is 30.3 Å². The molecule has 1 N–H and O–H groups in total. The van der Waals surface area contributed by atoms with E-state index in [1.807, 2.05) is 0 Å². The molecule has 202 valence electrons. The highest BCUT2D eigenvalue weighted by Crippen LogP contribution is 2.61. The summed E-state index contributed by atoms with van der Waals surface area (Å²) < 4.78 is 74.0. The quantitative estimate of drug-likeness (QED) is 0.343. The number of amidine groups is 1. The molecule has 1 saturated heterocycles. The fourth-order valence-electron chi connectivity index (χ4n) is 3.62. The second-order valence-electron chi connectivity index (χ2n) is 8.33. The van der Waals surface area contributed by atoms with Crippen molar-refractivity contribution in [2.45, 2.75) is 44.0 Å². The van der Waals surface area contributed by atoms with Crippen LogP contribution in [-0.2, 0) is 18.5 Å². The molecular formula is C24H29F3N3O5PS. The van der Waals surface area contributed by atoms with Crippen LogP contribution in [0.25, 0.3) is 0 Å². The van der Waals surface area contributed by atoms with E-state index < -0.39 is 30.0 Å². The lowest BCUT2D eigenvalue weighted by Gasteiger charge is -2.44. The summed E-state index contributed by atoms with van der Waals surface area (Å²) in [5, 5.41) is 0.187. The Balaban J connectivity index is 2.25. The average Bonchev–Trinajstić information content (AvgIpc) is 2.83. The molecule has 0 radical (unpaired) electrons. The maximum atomic E-state index is 14.8. The van der Waals surface area contributed by atoms with Gasteiger partial charge in [-0.05, 0) is 69.3 Å². The first kappa shape index (κ1) is 29.0. The first-order valence-corrected chi connectivity index (χ1v) is 13.8. The number of rotatable bonds is 9. The minimum Gasteiger partial charge on any atom is -0.497 e. The van der Waals surface area contributed by atoms with E-state index in [2.05, 4.69) is 10.3 Å². The SMILES string of the molecule is CCOP(=O)(OCC)C(C)(C)/N=C1/SC(c2ccc(OC)cc2)(C(F)(F)F)NC(=O)N1c1ccccc1. The summed E-state index contributed by atoms with van der Waals surface area (Å²) in [6.45, 7) is 6.16. The molecule has 8 nitrogen and oxygen atoms in total. The number of benzene rings is 2. The number of amides is 2. The standard InChI is InChI=1S/C24H29F3N3O5PS/c1-6-34-36(32,35-7-2)22(3,4)29-21-30(18-11-9-8-10-12-18)20(31)28-23(37-21,24(25,26)27)17-13-15-19(33-5)16-14-17/h8-16H,6-7H2,1-5H3,(H,28,31)/b29-21+. The molecule has 2 aromatic carbocycles. The number of methoxy groups -OCH3 is 1. The van der Waals surface area contributed by atoms with Gasteiger partial charge in [0.1, 0.15) is 5.75 Å². The van der Waals surface area contributed by atoms with Gasteiger partial charge in [0.25, 0.3) is 0 Å². The normalized spacial score (nSPS) is 20.2. The number of hydrogen-bond donors (Lipinski definition) is 1. The van der Waals surface area contributed by atoms with Crippen LogP contribution in [0, 0.1) is 0 Å². The number of ether oxygens (including phenoxy) is 1. The van der Waals surface area contributed by atoms with Gasteiger partial charge >= 0.3 is 19.8 Å². The number of nitrogens with one attached hydrogen (secondary N) is 1. The zero-order valence-electron chi connectivity index (χ0n) is 21.0. The van der Waals surface area contributed by atoms with Crippen LogP contribution in [0.1, 0.15) is 33.3 Å². The van der Waals surface area contributed by atoms with Crippen molar-refractivity contribution < 1.29 is 36.3 Å². The number of carbonyl (C=O) groups excluding carboxylic acids is 1. The van der Waals surface area contributed by atoms with Crippen LogP contribution in [0.2, 0.25) is 0 Å². The number of halogens is 3. The van der Waals surface area contributed by atoms with Crippen molar-refractivity contribution in [2.75, 3.05) is 25.2 Å². The van der Waals surface area contributed by atoms with Gasteiger partial charge in [-0.2, -0.15) is 13.2 Å². The molecule has 1 fully saturated rings. The highest BCUT2D eigenvalue weighted by Gasteiger charge is 2.62. The minimum absolute atomic E-state index is 0.0277. The maximum absolute atomic E-state index is 14.8. The van der Waals surface area contributed by atoms with Gasteiger partial charge in [0.2, 0.25) is 4.87 Å². The number of thioether (sulfide) groups is 1. The van der Waals surface area contributed by atoms with Crippen LogP contribution in [0.3, 0.4) is 0 Å². The zero-order chi connectivity index (χ0) is 27.5. The van der Waals surface area contributed by atoms with Crippen LogP contribution in [0.15, 0.2) is 59.6 Å². The molecule has 0 saturated carbocycles. The van der Waals surface area contributed by atoms with Crippen molar-refractivity contribution in [1.82, 2.24) is 5.32 Å². The van der Waals surface area contributed by atoms with Gasteiger partial charge in [0.05, 0.1) is 26.0 Å². The third-order valence-electron chi connectivity index (χ3n) is 5.47. The van der Waals surface area contributed by atoms with Gasteiger partial charge < -0.3 is 19.1 Å². The van der Waals surface area contributed by atoms with Gasteiger partial charge in [0.15, 0.2) is 10.4 Å². The average molecular weight is 560 g/mol. The van der Waals surface area contributed by atoms with Crippen LogP contribution < -0.4 is 15.0 Å². The molecule has 0 bridgehead atoms. The molecule has 0 aromatic heterocycles. The number of carbonyl (C=O) groups is 1. The van der Waals surface area contributed by atoms with E-state index in [1.54, 1.807) is 44.2 Å². The monoisotopic (exact) mass is 559 g/mol. The largest absolute Gasteiger partial charge is 0.497 e. The van der Waals surface area contributed by atoms with Gasteiger partial charge in [-0.3, -0.25) is 4.57 Å². The molecule has 0 spiro atoms. The van der Waals surface area contributed by atoms with E-state index in [9.17, 15) is 22.5 Å². The lowest BCUT2D eigenvalue weighted by molar-refractivity contribution is -0.167. The molecule has 3 rings (SSSR count). The van der Waals surface area contributed by atoms with E-state index in [0.717, 1.165) is 4.90 Å². The number of urea groups is 1. The third kappa shape index (κ3) is 5.67. The summed E-state index contributed by atoms with van der Waals surface area (Å²) in [5.41, 5.74) is 0.0328. The molecule has 2 amide bonds. The highest BCUT2D eigenvalue weighted by atomic mass is 32.2. The molecule has 1 heterocycles. The predicted octanol–water partition coefficient (Wildman–Crippen LogP) is 6.73. The summed E-state index contributed by atoms with van der Waals surface area (Å²) in [4.78, 5) is 16.0. The molecule has 1 atom stereocenters. The van der Waals surface area contributed by atoms with Crippen LogP contribution in [0.5, 0.6) is 5.75 Å². The molecule has 13 heteroatoms. The topological polar surface area (TPSA) is 89.5 Å². The fourth-order valence-corrected chi connectivity index (χ4v) is 6.62. The van der Waals surface area contributed by atoms with E-state index >= 15 is 0 Å². The summed E-state index contributed by atoms with van der Waals surface area (Å²) in [7, 11) is -2.55. The van der Waals surface area contributed by atoms with E-state index in [1.165, 1.54) is 45.2 Å². The Morgan fingerprint density at radius 1 is 1.03 bits per heavy atom. The number of aliphatic imine (C=N–C) groups is 1. The van der Waals surface area contributed by atoms with E-state index in [4.69, 9.17) is 13.8 Å². The molecular weight excluding hydrogens is 530 g/mol. The van der Waals surface area contributed by atoms with E-state index in [0.29, 0.717) is 5.75 Å². The number of alkyl halides is 3. The van der Waals surface area contributed by atoms with Crippen LogP contribution in [-0.4, -0.2) is 43.0 Å². The Hall–Kier alpha value is -2.53. The Morgan fingerprint density at radius 2 is 1.59 bits per heavy atom. The number of anilines is 1. The summed E-state index contributed by atoms with van der Waals surface area (Å²) >= 11 is 0.284. The van der Waals surface area contributed by atoms with Crippen LogP contribution >= 0.6 is 19.4 Å². The van der Waals surface area contributed by atoms with Gasteiger partial charge in [-0.15, -0.1) is 0 Å². The second kappa shape index (κ2) is 11.1. The predicted molar refractivity (Wildman–Crippen MR) is 138 cm³/mol. The molecule has 1 aliphatic heterocycles. The Kier molecular flexibility index (Phi) is 8.68. The number of hydrogen-bond acceptors (Lipinski definition) is 7. The van der Waals surface area contributed by atoms with Crippen molar-refractivity contribution in [1.29, 1.82) is 0 Å². The lowest BCUT2D eigenvalue weighted by atomic mass is 10.1. The molecule has 37 heavy (non-hydrogen) atoms. The van der Waals surface area contributed by atoms with Crippen molar-refractivity contribution in [3.8, 4) is 5.75 Å². The fraction of sp³-hybridized carbons (Fsp3) is 0.417. The third-order valence-corrected chi connectivity index (χ3v) is 9.44. The van der Waals surface area contributed by atoms with Crippen molar-refractivity contribution in [3.63, 3.8) is 0 Å². The summed E-state index contributed by atoms with van der Waals surface area (Å²) in [6.07, 6.45) is -4.95. The molecule has 1 unspecified atom stereocenters. The summed E-state index contributed by atoms with van der Waals surface area (Å²) in [5.74, 6) is 0.350. The highest BCUT2D eigenvalue weighted by molar-refractivity contribution is 8.15. The smallest absolute Gasteiger partial charge is 0.425 e. The zero-order valence-corrected chi connectivity index (χ0v) is 22.7. The Bertz CT molecular complexity index is 1170. The Morgan fingerprint density at radius 3 is 2.08 bits per heavy atom. The van der Waals surface area contributed by atoms with Crippen molar-refractivity contribution in [3.05, 3.63) is 60.2 Å². The maximum Gasteiger partial charge on any atom is 0.425 e. The van der Waals surface area contributed by atoms with Crippen molar-refractivity contribution in [2.24, 2.45) is 4.99 Å². The second-order valence-corrected chi connectivity index (χ2v) is 12.1. The molecule has 1 aliphatic rings.